The lowest BCUT2D eigenvalue weighted by atomic mass is 10.1. The number of thioether (sulfide) groups is 1. The molecule has 2 aromatic heterocycles. The molecule has 0 bridgehead atoms. The lowest BCUT2D eigenvalue weighted by Gasteiger charge is -2.13. The number of nitrogens with zero attached hydrogens (tertiary/aromatic N) is 2. The minimum atomic E-state index is 0.0617. The third kappa shape index (κ3) is 3.19. The SMILES string of the molecule is Cc1ccccc1CSc1nc2scc(C3CC3)c2c(=O)n1-c1ccccc1. The van der Waals surface area contributed by atoms with Crippen molar-refractivity contribution in [1.29, 1.82) is 0 Å². The smallest absolute Gasteiger partial charge is 0.267 e. The summed E-state index contributed by atoms with van der Waals surface area (Å²) >= 11 is 3.23. The van der Waals surface area contributed by atoms with Crippen molar-refractivity contribution in [3.63, 3.8) is 0 Å². The topological polar surface area (TPSA) is 34.9 Å². The van der Waals surface area contributed by atoms with Crippen molar-refractivity contribution >= 4 is 33.3 Å². The Bertz CT molecular complexity index is 1210. The van der Waals surface area contributed by atoms with E-state index in [2.05, 4.69) is 36.6 Å². The van der Waals surface area contributed by atoms with Gasteiger partial charge in [-0.25, -0.2) is 4.98 Å². The number of fused-ring (bicyclic) bond motifs is 1. The number of thiophene rings is 1. The molecule has 1 aliphatic rings. The van der Waals surface area contributed by atoms with Crippen LogP contribution in [-0.2, 0) is 5.75 Å². The van der Waals surface area contributed by atoms with Crippen molar-refractivity contribution in [3.05, 3.63) is 87.0 Å². The zero-order chi connectivity index (χ0) is 19.1. The highest BCUT2D eigenvalue weighted by atomic mass is 32.2. The van der Waals surface area contributed by atoms with Crippen LogP contribution in [0.5, 0.6) is 0 Å². The average Bonchev–Trinajstić information content (AvgIpc) is 3.47. The molecule has 3 nitrogen and oxygen atoms in total. The Labute approximate surface area is 172 Å². The summed E-state index contributed by atoms with van der Waals surface area (Å²) in [7, 11) is 0. The molecular formula is C23H20N2OS2. The number of benzene rings is 2. The van der Waals surface area contributed by atoms with Crippen molar-refractivity contribution in [2.45, 2.75) is 36.6 Å². The molecule has 0 N–H and O–H groups in total. The third-order valence-corrected chi connectivity index (χ3v) is 7.13. The molecule has 1 saturated carbocycles. The van der Waals surface area contributed by atoms with Gasteiger partial charge in [-0.15, -0.1) is 11.3 Å². The van der Waals surface area contributed by atoms with E-state index in [-0.39, 0.29) is 5.56 Å². The van der Waals surface area contributed by atoms with Crippen LogP contribution in [0.2, 0.25) is 0 Å². The van der Waals surface area contributed by atoms with Crippen LogP contribution in [0.4, 0.5) is 0 Å². The largest absolute Gasteiger partial charge is 0.268 e. The van der Waals surface area contributed by atoms with E-state index in [1.54, 1.807) is 27.7 Å². The summed E-state index contributed by atoms with van der Waals surface area (Å²) in [6.07, 6.45) is 2.36. The molecule has 0 atom stereocenters. The summed E-state index contributed by atoms with van der Waals surface area (Å²) < 4.78 is 1.80. The van der Waals surface area contributed by atoms with Crippen molar-refractivity contribution in [1.82, 2.24) is 9.55 Å². The second-order valence-corrected chi connectivity index (χ2v) is 9.03. The molecule has 2 aromatic carbocycles. The van der Waals surface area contributed by atoms with Crippen LogP contribution in [0.1, 0.15) is 35.4 Å². The monoisotopic (exact) mass is 404 g/mol. The Balaban J connectivity index is 1.65. The van der Waals surface area contributed by atoms with Gasteiger partial charge in [0, 0.05) is 5.75 Å². The fraction of sp³-hybridized carbons (Fsp3) is 0.217. The normalized spacial score (nSPS) is 13.9. The second-order valence-electron chi connectivity index (χ2n) is 7.23. The molecule has 28 heavy (non-hydrogen) atoms. The fourth-order valence-electron chi connectivity index (χ4n) is 3.50. The molecule has 0 unspecified atom stereocenters. The molecule has 0 radical (unpaired) electrons. The number of hydrogen-bond acceptors (Lipinski definition) is 4. The lowest BCUT2D eigenvalue weighted by Crippen LogP contribution is -2.21. The van der Waals surface area contributed by atoms with Crippen LogP contribution >= 0.6 is 23.1 Å². The minimum Gasteiger partial charge on any atom is -0.268 e. The molecule has 2 heterocycles. The van der Waals surface area contributed by atoms with Gasteiger partial charge in [0.1, 0.15) is 4.83 Å². The van der Waals surface area contributed by atoms with Crippen LogP contribution < -0.4 is 5.56 Å². The van der Waals surface area contributed by atoms with E-state index in [1.807, 2.05) is 30.3 Å². The van der Waals surface area contributed by atoms with E-state index in [9.17, 15) is 4.79 Å². The maximum atomic E-state index is 13.6. The fourth-order valence-corrected chi connectivity index (χ4v) is 5.65. The van der Waals surface area contributed by atoms with Crippen molar-refractivity contribution in [2.75, 3.05) is 0 Å². The van der Waals surface area contributed by atoms with E-state index in [0.717, 1.165) is 26.8 Å². The van der Waals surface area contributed by atoms with Crippen molar-refractivity contribution in [3.8, 4) is 5.69 Å². The van der Waals surface area contributed by atoms with E-state index in [0.29, 0.717) is 5.92 Å². The van der Waals surface area contributed by atoms with Gasteiger partial charge >= 0.3 is 0 Å². The van der Waals surface area contributed by atoms with Gasteiger partial charge in [0.2, 0.25) is 0 Å². The Hall–Kier alpha value is -2.37. The molecule has 1 fully saturated rings. The van der Waals surface area contributed by atoms with Crippen LogP contribution in [0, 0.1) is 6.92 Å². The van der Waals surface area contributed by atoms with Gasteiger partial charge in [-0.2, -0.15) is 0 Å². The summed E-state index contributed by atoms with van der Waals surface area (Å²) in [5.41, 5.74) is 4.66. The van der Waals surface area contributed by atoms with Crippen LogP contribution in [-0.4, -0.2) is 9.55 Å². The standard InChI is InChI=1S/C23H20N2OS2/c1-15-7-5-6-8-17(15)13-28-23-24-21-20(19(14-27-21)16-11-12-16)22(26)25(23)18-9-3-2-4-10-18/h2-10,14,16H,11-13H2,1H3. The summed E-state index contributed by atoms with van der Waals surface area (Å²) in [6, 6.07) is 18.3. The number of para-hydroxylation sites is 1. The molecule has 1 aliphatic carbocycles. The highest BCUT2D eigenvalue weighted by molar-refractivity contribution is 7.98. The van der Waals surface area contributed by atoms with Crippen LogP contribution in [0.15, 0.2) is 69.9 Å². The van der Waals surface area contributed by atoms with E-state index in [4.69, 9.17) is 4.98 Å². The predicted molar refractivity (Wildman–Crippen MR) is 118 cm³/mol. The number of hydrogen-bond donors (Lipinski definition) is 0. The molecule has 0 spiro atoms. The molecule has 0 amide bonds. The summed E-state index contributed by atoms with van der Waals surface area (Å²) in [6.45, 7) is 2.12. The summed E-state index contributed by atoms with van der Waals surface area (Å²) in [5, 5.41) is 3.72. The Kier molecular flexibility index (Phi) is 4.57. The lowest BCUT2D eigenvalue weighted by molar-refractivity contribution is 0.821. The van der Waals surface area contributed by atoms with Gasteiger partial charge < -0.3 is 0 Å². The zero-order valence-corrected chi connectivity index (χ0v) is 17.2. The maximum absolute atomic E-state index is 13.6. The van der Waals surface area contributed by atoms with Crippen LogP contribution in [0.3, 0.4) is 0 Å². The first kappa shape index (κ1) is 17.7. The molecule has 4 aromatic rings. The highest BCUT2D eigenvalue weighted by Gasteiger charge is 2.29. The van der Waals surface area contributed by atoms with Gasteiger partial charge in [0.05, 0.1) is 11.1 Å². The minimum absolute atomic E-state index is 0.0617. The first-order valence-corrected chi connectivity index (χ1v) is 11.4. The summed E-state index contributed by atoms with van der Waals surface area (Å²) in [5.74, 6) is 1.33. The second kappa shape index (κ2) is 7.22. The average molecular weight is 405 g/mol. The maximum Gasteiger partial charge on any atom is 0.267 e. The molecule has 5 rings (SSSR count). The molecule has 0 saturated heterocycles. The van der Waals surface area contributed by atoms with E-state index >= 15 is 0 Å². The summed E-state index contributed by atoms with van der Waals surface area (Å²) in [4.78, 5) is 19.4. The van der Waals surface area contributed by atoms with Gasteiger partial charge in [0.25, 0.3) is 5.56 Å². The van der Waals surface area contributed by atoms with Crippen molar-refractivity contribution < 1.29 is 0 Å². The Morgan fingerprint density at radius 3 is 2.61 bits per heavy atom. The first-order chi connectivity index (χ1) is 13.7. The number of aryl methyl sites for hydroxylation is 1. The zero-order valence-electron chi connectivity index (χ0n) is 15.6. The van der Waals surface area contributed by atoms with Crippen LogP contribution in [0.25, 0.3) is 15.9 Å². The van der Waals surface area contributed by atoms with Crippen molar-refractivity contribution in [2.24, 2.45) is 0 Å². The highest BCUT2D eigenvalue weighted by Crippen LogP contribution is 2.44. The van der Waals surface area contributed by atoms with Gasteiger partial charge in [0.15, 0.2) is 5.16 Å². The number of rotatable bonds is 5. The van der Waals surface area contributed by atoms with E-state index in [1.165, 1.54) is 29.5 Å². The van der Waals surface area contributed by atoms with E-state index < -0.39 is 0 Å². The quantitative estimate of drug-likeness (QED) is 0.306. The first-order valence-electron chi connectivity index (χ1n) is 9.49. The molecule has 140 valence electrons. The predicted octanol–water partition coefficient (Wildman–Crippen LogP) is 5.93. The van der Waals surface area contributed by atoms with Gasteiger partial charge in [-0.05, 0) is 59.9 Å². The van der Waals surface area contributed by atoms with Gasteiger partial charge in [-0.3, -0.25) is 9.36 Å². The molecule has 5 heteroatoms. The Morgan fingerprint density at radius 1 is 1.11 bits per heavy atom. The number of aromatic nitrogens is 2. The van der Waals surface area contributed by atoms with Gasteiger partial charge in [-0.1, -0.05) is 54.2 Å². The molecular weight excluding hydrogens is 384 g/mol. The Morgan fingerprint density at radius 2 is 1.86 bits per heavy atom. The third-order valence-electron chi connectivity index (χ3n) is 5.26. The molecule has 0 aliphatic heterocycles.